The molecule has 0 saturated heterocycles. The maximum Gasteiger partial charge on any atom is 0.315 e. The number of hydrogen-bond donors (Lipinski definition) is 4. The molecule has 3 amide bonds. The maximum atomic E-state index is 12.0. The van der Waals surface area contributed by atoms with Crippen LogP contribution in [0.1, 0.15) is 27.2 Å². The molecule has 4 rings (SSSR count). The Morgan fingerprint density at radius 1 is 1.16 bits per heavy atom. The second-order valence-corrected chi connectivity index (χ2v) is 5.97. The zero-order chi connectivity index (χ0) is 17.2. The zero-order valence-electron chi connectivity index (χ0n) is 13.4. The molecule has 1 aliphatic rings. The summed E-state index contributed by atoms with van der Waals surface area (Å²) in [5.74, 6) is -0.0606. The highest BCUT2D eigenvalue weighted by atomic mass is 16.2. The third kappa shape index (κ3) is 3.16. The number of aromatic nitrogens is 2. The van der Waals surface area contributed by atoms with Gasteiger partial charge in [0.1, 0.15) is 0 Å². The van der Waals surface area contributed by atoms with E-state index in [0.717, 1.165) is 27.7 Å². The van der Waals surface area contributed by atoms with E-state index in [9.17, 15) is 9.59 Å². The van der Waals surface area contributed by atoms with Crippen molar-refractivity contribution in [3.63, 3.8) is 0 Å². The Bertz CT molecular complexity index is 930. The standard InChI is InChI=1S/C18H17N5O2/c24-17-15-5-11(1-2-12(15)9-20-17)7-21-18(25)22-10-14-6-13-8-19-4-3-16(13)23-14/h1-6,8,23H,7,9-10H2,(H,20,24)(H2,21,22,25). The van der Waals surface area contributed by atoms with Gasteiger partial charge in [-0.3, -0.25) is 9.78 Å². The monoisotopic (exact) mass is 335 g/mol. The lowest BCUT2D eigenvalue weighted by Gasteiger charge is -2.08. The van der Waals surface area contributed by atoms with Gasteiger partial charge in [-0.15, -0.1) is 0 Å². The van der Waals surface area contributed by atoms with Crippen LogP contribution in [-0.2, 0) is 19.6 Å². The Labute approximate surface area is 143 Å². The molecule has 0 unspecified atom stereocenters. The molecule has 1 aromatic carbocycles. The lowest BCUT2D eigenvalue weighted by molar-refractivity contribution is 0.0965. The number of pyridine rings is 1. The maximum absolute atomic E-state index is 12.0. The summed E-state index contributed by atoms with van der Waals surface area (Å²) in [6.45, 7) is 1.33. The number of H-pyrrole nitrogens is 1. The Kier molecular flexibility index (Phi) is 3.81. The number of hydrogen-bond acceptors (Lipinski definition) is 3. The summed E-state index contributed by atoms with van der Waals surface area (Å²) in [7, 11) is 0. The van der Waals surface area contributed by atoms with Crippen LogP contribution >= 0.6 is 0 Å². The molecule has 126 valence electrons. The fourth-order valence-electron chi connectivity index (χ4n) is 2.92. The molecule has 4 N–H and O–H groups in total. The third-order valence-electron chi connectivity index (χ3n) is 4.23. The van der Waals surface area contributed by atoms with Crippen molar-refractivity contribution < 1.29 is 9.59 Å². The Morgan fingerprint density at radius 3 is 2.92 bits per heavy atom. The number of urea groups is 1. The predicted molar refractivity (Wildman–Crippen MR) is 92.8 cm³/mol. The van der Waals surface area contributed by atoms with Crippen molar-refractivity contribution in [2.45, 2.75) is 19.6 Å². The van der Waals surface area contributed by atoms with Crippen molar-refractivity contribution in [3.05, 3.63) is 65.1 Å². The lowest BCUT2D eigenvalue weighted by Crippen LogP contribution is -2.34. The van der Waals surface area contributed by atoms with E-state index in [1.807, 2.05) is 30.3 Å². The minimum absolute atomic E-state index is 0.0606. The highest BCUT2D eigenvalue weighted by Crippen LogP contribution is 2.17. The first-order chi connectivity index (χ1) is 12.2. The van der Waals surface area contributed by atoms with Gasteiger partial charge in [0.25, 0.3) is 5.91 Å². The SMILES string of the molecule is O=C(NCc1ccc2c(c1)C(=O)NC2)NCc1cc2cnccc2[nH]1. The van der Waals surface area contributed by atoms with Gasteiger partial charge in [0, 0.05) is 47.6 Å². The summed E-state index contributed by atoms with van der Waals surface area (Å²) in [6, 6.07) is 9.25. The van der Waals surface area contributed by atoms with Gasteiger partial charge >= 0.3 is 6.03 Å². The summed E-state index contributed by atoms with van der Waals surface area (Å²) in [5.41, 5.74) is 4.47. The molecule has 0 fully saturated rings. The van der Waals surface area contributed by atoms with Crippen LogP contribution < -0.4 is 16.0 Å². The first-order valence-corrected chi connectivity index (χ1v) is 8.02. The Hall–Kier alpha value is -3.35. The van der Waals surface area contributed by atoms with Crippen LogP contribution in [0.2, 0.25) is 0 Å². The van der Waals surface area contributed by atoms with Crippen LogP contribution in [-0.4, -0.2) is 21.9 Å². The van der Waals surface area contributed by atoms with Crippen LogP contribution in [0.3, 0.4) is 0 Å². The minimum Gasteiger partial charge on any atom is -0.357 e. The molecular weight excluding hydrogens is 318 g/mol. The van der Waals surface area contributed by atoms with E-state index < -0.39 is 0 Å². The van der Waals surface area contributed by atoms with Crippen molar-refractivity contribution in [1.82, 2.24) is 25.9 Å². The summed E-state index contributed by atoms with van der Waals surface area (Å²) in [6.07, 6.45) is 3.50. The average Bonchev–Trinajstić information content (AvgIpc) is 3.21. The lowest BCUT2D eigenvalue weighted by atomic mass is 10.1. The van der Waals surface area contributed by atoms with E-state index in [-0.39, 0.29) is 11.9 Å². The molecule has 0 radical (unpaired) electrons. The van der Waals surface area contributed by atoms with Gasteiger partial charge < -0.3 is 20.9 Å². The van der Waals surface area contributed by atoms with Gasteiger partial charge in [-0.25, -0.2) is 4.79 Å². The molecule has 0 saturated carbocycles. The molecule has 0 atom stereocenters. The van der Waals surface area contributed by atoms with Crippen molar-refractivity contribution in [3.8, 4) is 0 Å². The highest BCUT2D eigenvalue weighted by Gasteiger charge is 2.18. The number of fused-ring (bicyclic) bond motifs is 2. The number of amides is 3. The summed E-state index contributed by atoms with van der Waals surface area (Å²) < 4.78 is 0. The van der Waals surface area contributed by atoms with E-state index >= 15 is 0 Å². The molecule has 0 spiro atoms. The molecule has 7 nitrogen and oxygen atoms in total. The number of rotatable bonds is 4. The summed E-state index contributed by atoms with van der Waals surface area (Å²) in [4.78, 5) is 30.9. The van der Waals surface area contributed by atoms with Gasteiger partial charge in [0.15, 0.2) is 0 Å². The van der Waals surface area contributed by atoms with Crippen LogP contribution in [0.25, 0.3) is 10.9 Å². The molecular formula is C18H17N5O2. The second kappa shape index (κ2) is 6.27. The normalized spacial score (nSPS) is 12.7. The van der Waals surface area contributed by atoms with Gasteiger partial charge in [0.2, 0.25) is 0 Å². The van der Waals surface area contributed by atoms with Gasteiger partial charge in [-0.1, -0.05) is 12.1 Å². The molecule has 1 aliphatic heterocycles. The van der Waals surface area contributed by atoms with Gasteiger partial charge in [-0.05, 0) is 29.3 Å². The number of benzene rings is 1. The van der Waals surface area contributed by atoms with E-state index in [0.29, 0.717) is 25.2 Å². The molecule has 0 bridgehead atoms. The first-order valence-electron chi connectivity index (χ1n) is 8.02. The van der Waals surface area contributed by atoms with Gasteiger partial charge in [0.05, 0.1) is 6.54 Å². The minimum atomic E-state index is -0.262. The fraction of sp³-hybridized carbons (Fsp3) is 0.167. The van der Waals surface area contributed by atoms with Crippen LogP contribution in [0, 0.1) is 0 Å². The molecule has 2 aromatic heterocycles. The number of aromatic amines is 1. The number of nitrogens with one attached hydrogen (secondary N) is 4. The van der Waals surface area contributed by atoms with Crippen molar-refractivity contribution in [2.24, 2.45) is 0 Å². The third-order valence-corrected chi connectivity index (χ3v) is 4.23. The van der Waals surface area contributed by atoms with Crippen molar-refractivity contribution in [1.29, 1.82) is 0 Å². The molecule has 7 heteroatoms. The molecule has 3 aromatic rings. The van der Waals surface area contributed by atoms with Gasteiger partial charge in [-0.2, -0.15) is 0 Å². The largest absolute Gasteiger partial charge is 0.357 e. The number of carbonyl (C=O) groups excluding carboxylic acids is 2. The highest BCUT2D eigenvalue weighted by molar-refractivity contribution is 5.98. The molecule has 3 heterocycles. The van der Waals surface area contributed by atoms with Crippen molar-refractivity contribution >= 4 is 22.8 Å². The molecule has 0 aliphatic carbocycles. The summed E-state index contributed by atoms with van der Waals surface area (Å²) in [5, 5.41) is 9.40. The fourth-order valence-corrected chi connectivity index (χ4v) is 2.92. The first kappa shape index (κ1) is 15.2. The Balaban J connectivity index is 1.32. The van der Waals surface area contributed by atoms with E-state index in [1.165, 1.54) is 0 Å². The number of nitrogens with zero attached hydrogens (tertiary/aromatic N) is 1. The quantitative estimate of drug-likeness (QED) is 0.585. The van der Waals surface area contributed by atoms with E-state index in [1.54, 1.807) is 12.4 Å². The van der Waals surface area contributed by atoms with Crippen LogP contribution in [0.5, 0.6) is 0 Å². The zero-order valence-corrected chi connectivity index (χ0v) is 13.4. The predicted octanol–water partition coefficient (Wildman–Crippen LogP) is 1.81. The smallest absolute Gasteiger partial charge is 0.315 e. The summed E-state index contributed by atoms with van der Waals surface area (Å²) >= 11 is 0. The topological polar surface area (TPSA) is 98.9 Å². The van der Waals surface area contributed by atoms with Crippen LogP contribution in [0.15, 0.2) is 42.7 Å². The average molecular weight is 335 g/mol. The molecule has 25 heavy (non-hydrogen) atoms. The number of carbonyl (C=O) groups is 2. The van der Waals surface area contributed by atoms with E-state index in [4.69, 9.17) is 0 Å². The second-order valence-electron chi connectivity index (χ2n) is 5.97. The Morgan fingerprint density at radius 2 is 2.04 bits per heavy atom. The van der Waals surface area contributed by atoms with Crippen LogP contribution in [0.4, 0.5) is 4.79 Å². The van der Waals surface area contributed by atoms with Crippen molar-refractivity contribution in [2.75, 3.05) is 0 Å². The van der Waals surface area contributed by atoms with E-state index in [2.05, 4.69) is 25.9 Å².